The molecule has 0 unspecified atom stereocenters. The minimum atomic E-state index is -0.779. The minimum Gasteiger partial charge on any atom is -0.488 e. The molecule has 0 saturated carbocycles. The molecule has 1 saturated heterocycles. The van der Waals surface area contributed by atoms with Crippen LogP contribution in [-0.2, 0) is 4.79 Å². The second-order valence-electron chi connectivity index (χ2n) is 12.2. The summed E-state index contributed by atoms with van der Waals surface area (Å²) in [5.41, 5.74) is 0.420. The first-order valence-corrected chi connectivity index (χ1v) is 16.3. The monoisotopic (exact) mass is 641 g/mol. The van der Waals surface area contributed by atoms with Gasteiger partial charge in [0.05, 0.1) is 16.6 Å². The predicted molar refractivity (Wildman–Crippen MR) is 175 cm³/mol. The molecule has 1 aromatic heterocycles. The van der Waals surface area contributed by atoms with Crippen LogP contribution >= 0.6 is 11.6 Å². The fourth-order valence-corrected chi connectivity index (χ4v) is 7.10. The zero-order valence-electron chi connectivity index (χ0n) is 26.5. The average Bonchev–Trinajstić information content (AvgIpc) is 3.00. The number of carbonyl (C=O) groups is 1. The van der Waals surface area contributed by atoms with Crippen LogP contribution in [0.25, 0.3) is 22.0 Å². The zero-order valence-corrected chi connectivity index (χ0v) is 27.2. The first kappa shape index (κ1) is 32.9. The first-order chi connectivity index (χ1) is 21.6. The third-order valence-electron chi connectivity index (χ3n) is 8.89. The lowest BCUT2D eigenvalue weighted by molar-refractivity contribution is -0.128. The Hall–Kier alpha value is -3.50. The van der Waals surface area contributed by atoms with Crippen LogP contribution in [0.15, 0.2) is 41.7 Å². The molecule has 2 aliphatic heterocycles. The van der Waals surface area contributed by atoms with Crippen molar-refractivity contribution in [2.24, 2.45) is 0 Å². The molecule has 0 aliphatic carbocycles. The summed E-state index contributed by atoms with van der Waals surface area (Å²) >= 11 is 6.88. The predicted octanol–water partition coefficient (Wildman–Crippen LogP) is 6.44. The van der Waals surface area contributed by atoms with Gasteiger partial charge in [0.1, 0.15) is 24.1 Å². The number of rotatable bonds is 11. The van der Waals surface area contributed by atoms with Crippen LogP contribution < -0.4 is 15.3 Å². The molecule has 11 heteroatoms. The van der Waals surface area contributed by atoms with Crippen molar-refractivity contribution in [2.45, 2.75) is 71.5 Å². The molecule has 0 radical (unpaired) electrons. The van der Waals surface area contributed by atoms with Crippen molar-refractivity contribution in [3.05, 3.63) is 64.1 Å². The Morgan fingerprint density at radius 3 is 2.53 bits per heavy atom. The van der Waals surface area contributed by atoms with E-state index in [0.29, 0.717) is 36.2 Å². The number of amides is 1. The van der Waals surface area contributed by atoms with Crippen molar-refractivity contribution in [1.82, 2.24) is 19.4 Å². The Bertz CT molecular complexity index is 1640. The van der Waals surface area contributed by atoms with Crippen LogP contribution in [0.2, 0.25) is 5.02 Å². The number of hydrogen-bond acceptors (Lipinski definition) is 6. The molecule has 3 heterocycles. The van der Waals surface area contributed by atoms with Gasteiger partial charge in [-0.3, -0.25) is 9.36 Å². The highest BCUT2D eigenvalue weighted by Crippen LogP contribution is 2.47. The second-order valence-corrected chi connectivity index (χ2v) is 12.6. The van der Waals surface area contributed by atoms with Crippen molar-refractivity contribution in [1.29, 1.82) is 0 Å². The van der Waals surface area contributed by atoms with Crippen molar-refractivity contribution >= 4 is 34.2 Å². The molecular formula is C34H42ClF2N5O3. The number of nitrogens with zero attached hydrogens (tertiary/aromatic N) is 5. The average molecular weight is 642 g/mol. The van der Waals surface area contributed by atoms with E-state index < -0.39 is 17.3 Å². The Morgan fingerprint density at radius 1 is 1.13 bits per heavy atom. The van der Waals surface area contributed by atoms with Crippen molar-refractivity contribution in [3.63, 3.8) is 0 Å². The number of piperazine rings is 1. The fourth-order valence-electron chi connectivity index (χ4n) is 6.80. The molecule has 3 atom stereocenters. The van der Waals surface area contributed by atoms with Gasteiger partial charge in [0.15, 0.2) is 5.75 Å². The number of aromatic nitrogens is 2. The Balaban J connectivity index is 1.64. The minimum absolute atomic E-state index is 0.0856. The van der Waals surface area contributed by atoms with Crippen molar-refractivity contribution < 1.29 is 18.3 Å². The van der Waals surface area contributed by atoms with Gasteiger partial charge in [0.2, 0.25) is 5.91 Å². The fraction of sp³-hybridized carbons (Fsp3) is 0.500. The molecule has 1 amide bonds. The molecule has 242 valence electrons. The summed E-state index contributed by atoms with van der Waals surface area (Å²) in [7, 11) is 0. The van der Waals surface area contributed by atoms with Gasteiger partial charge in [-0.1, -0.05) is 32.0 Å². The van der Waals surface area contributed by atoms with Crippen LogP contribution in [-0.4, -0.2) is 76.7 Å². The molecule has 0 N–H and O–H groups in total. The van der Waals surface area contributed by atoms with Crippen LogP contribution in [0.3, 0.4) is 0 Å². The number of hydrogen-bond donors (Lipinski definition) is 0. The molecule has 2 aliphatic rings. The molecule has 8 nitrogen and oxygen atoms in total. The van der Waals surface area contributed by atoms with Gasteiger partial charge in [-0.15, -0.1) is 0 Å². The van der Waals surface area contributed by atoms with Crippen molar-refractivity contribution in [3.8, 4) is 16.9 Å². The number of ether oxygens (including phenoxy) is 1. The largest absolute Gasteiger partial charge is 0.488 e. The summed E-state index contributed by atoms with van der Waals surface area (Å²) in [4.78, 5) is 37.4. The van der Waals surface area contributed by atoms with Gasteiger partial charge in [-0.25, -0.2) is 13.6 Å². The quantitative estimate of drug-likeness (QED) is 0.224. The Morgan fingerprint density at radius 2 is 1.87 bits per heavy atom. The van der Waals surface area contributed by atoms with Gasteiger partial charge >= 0.3 is 5.69 Å². The van der Waals surface area contributed by atoms with Crippen LogP contribution in [0, 0.1) is 11.6 Å². The van der Waals surface area contributed by atoms with Gasteiger partial charge in [-0.05, 0) is 83.4 Å². The van der Waals surface area contributed by atoms with E-state index >= 15 is 4.39 Å². The molecular weight excluding hydrogens is 600 g/mol. The summed E-state index contributed by atoms with van der Waals surface area (Å²) in [6.45, 7) is 15.9. The summed E-state index contributed by atoms with van der Waals surface area (Å²) < 4.78 is 37.1. The maximum atomic E-state index is 15.2. The standard InChI is InChI=1S/C34H42ClF2N5O3/c1-6-13-39(14-7-2)15-9-10-24-20-45-32-30(25-12-11-23(36)16-28(25)37)27(35)17-26-31(32)42(24)34(44)38-33(26)41-19-21(4)40(18-22(41)5)29(43)8-3/h8,11-12,16-17,21-22,24H,3,6-7,9-10,13-15,18-20H2,1-2,4-5H3/t21-,22+,24+/m1/s1. The van der Waals surface area contributed by atoms with Gasteiger partial charge < -0.3 is 19.4 Å². The number of halogens is 3. The van der Waals surface area contributed by atoms with E-state index in [1.807, 2.05) is 18.7 Å². The molecule has 5 rings (SSSR count). The van der Waals surface area contributed by atoms with E-state index in [1.54, 1.807) is 15.5 Å². The lowest BCUT2D eigenvalue weighted by Gasteiger charge is -2.45. The van der Waals surface area contributed by atoms with E-state index in [2.05, 4.69) is 30.3 Å². The Kier molecular flexibility index (Phi) is 10.1. The second kappa shape index (κ2) is 13.9. The zero-order chi connectivity index (χ0) is 32.4. The van der Waals surface area contributed by atoms with E-state index in [0.717, 1.165) is 45.0 Å². The maximum Gasteiger partial charge on any atom is 0.350 e. The van der Waals surface area contributed by atoms with Gasteiger partial charge in [-0.2, -0.15) is 4.98 Å². The molecule has 0 spiro atoms. The number of benzene rings is 2. The molecule has 1 fully saturated rings. The highest BCUT2D eigenvalue weighted by molar-refractivity contribution is 6.35. The van der Waals surface area contributed by atoms with E-state index in [9.17, 15) is 14.0 Å². The first-order valence-electron chi connectivity index (χ1n) is 15.9. The SMILES string of the molecule is C=CC(=O)N1C[C@H](C)N(c2nc(=O)n3c4c(c(-c5ccc(F)cc5F)c(Cl)cc24)OC[C@@H]3CCCN(CCC)CCC)C[C@H]1C. The van der Waals surface area contributed by atoms with Gasteiger partial charge in [0, 0.05) is 47.8 Å². The van der Waals surface area contributed by atoms with Crippen LogP contribution in [0.4, 0.5) is 14.6 Å². The summed E-state index contributed by atoms with van der Waals surface area (Å²) in [6.07, 6.45) is 5.00. The van der Waals surface area contributed by atoms with Gasteiger partial charge in [0.25, 0.3) is 0 Å². The molecule has 2 aromatic carbocycles. The van der Waals surface area contributed by atoms with Crippen LogP contribution in [0.1, 0.15) is 59.4 Å². The topological polar surface area (TPSA) is 70.9 Å². The molecule has 3 aromatic rings. The smallest absolute Gasteiger partial charge is 0.350 e. The maximum absolute atomic E-state index is 15.2. The summed E-state index contributed by atoms with van der Waals surface area (Å²) in [5, 5.41) is 0.803. The summed E-state index contributed by atoms with van der Waals surface area (Å²) in [6, 6.07) is 4.40. The van der Waals surface area contributed by atoms with E-state index in [-0.39, 0.29) is 52.5 Å². The molecule has 0 bridgehead atoms. The Labute approximate surface area is 268 Å². The highest BCUT2D eigenvalue weighted by atomic mass is 35.5. The highest BCUT2D eigenvalue weighted by Gasteiger charge is 2.36. The van der Waals surface area contributed by atoms with E-state index in [4.69, 9.17) is 16.3 Å². The van der Waals surface area contributed by atoms with E-state index in [1.165, 1.54) is 18.2 Å². The lowest BCUT2D eigenvalue weighted by Crippen LogP contribution is -2.58. The number of carbonyl (C=O) groups excluding carboxylic acids is 1. The van der Waals surface area contributed by atoms with Crippen molar-refractivity contribution in [2.75, 3.05) is 44.2 Å². The summed E-state index contributed by atoms with van der Waals surface area (Å²) in [5.74, 6) is -0.922. The lowest BCUT2D eigenvalue weighted by atomic mass is 9.98. The van der Waals surface area contributed by atoms with Crippen LogP contribution in [0.5, 0.6) is 5.75 Å². The number of anilines is 1. The normalized spacial score (nSPS) is 19.7. The molecule has 45 heavy (non-hydrogen) atoms. The third-order valence-corrected chi connectivity index (χ3v) is 9.19. The third kappa shape index (κ3) is 6.45.